The molecule has 0 fully saturated rings. The maximum absolute atomic E-state index is 12.8. The van der Waals surface area contributed by atoms with Crippen LogP contribution in [-0.2, 0) is 19.1 Å². The third-order valence-electron chi connectivity index (χ3n) is 6.43. The van der Waals surface area contributed by atoms with Crippen molar-refractivity contribution in [1.29, 1.82) is 0 Å². The van der Waals surface area contributed by atoms with Crippen LogP contribution in [0.2, 0.25) is 0 Å². The van der Waals surface area contributed by atoms with E-state index < -0.39 is 29.8 Å². The molecule has 2 aromatic carbocycles. The second-order valence-electron chi connectivity index (χ2n) is 9.84. The van der Waals surface area contributed by atoms with E-state index in [4.69, 9.17) is 19.3 Å². The van der Waals surface area contributed by atoms with Crippen molar-refractivity contribution in [3.8, 4) is 5.75 Å². The molecule has 8 nitrogen and oxygen atoms in total. The number of hydrogen-bond donors (Lipinski definition) is 1. The quantitative estimate of drug-likeness (QED) is 0.0817. The van der Waals surface area contributed by atoms with E-state index in [0.717, 1.165) is 64.2 Å². The third-order valence-corrected chi connectivity index (χ3v) is 6.43. The maximum atomic E-state index is 12.8. The van der Waals surface area contributed by atoms with E-state index in [-0.39, 0.29) is 30.1 Å². The first-order valence-corrected chi connectivity index (χ1v) is 14.5. The lowest BCUT2D eigenvalue weighted by Crippen LogP contribution is -2.27. The molecule has 0 aliphatic heterocycles. The van der Waals surface area contributed by atoms with Crippen molar-refractivity contribution in [2.75, 3.05) is 13.2 Å². The van der Waals surface area contributed by atoms with Crippen LogP contribution in [0.5, 0.6) is 5.75 Å². The van der Waals surface area contributed by atoms with E-state index in [0.29, 0.717) is 5.56 Å². The fourth-order valence-electron chi connectivity index (χ4n) is 3.96. The van der Waals surface area contributed by atoms with Crippen LogP contribution >= 0.6 is 0 Å². The van der Waals surface area contributed by atoms with E-state index in [2.05, 4.69) is 13.8 Å². The molecule has 0 aliphatic rings. The summed E-state index contributed by atoms with van der Waals surface area (Å²) >= 11 is 0. The summed E-state index contributed by atoms with van der Waals surface area (Å²) in [5, 5.41) is 8.98. The molecule has 0 atom stereocenters. The molecular formula is C33H42O8. The molecule has 0 amide bonds. The van der Waals surface area contributed by atoms with Crippen molar-refractivity contribution < 1.29 is 38.5 Å². The highest BCUT2D eigenvalue weighted by molar-refractivity contribution is 5.98. The van der Waals surface area contributed by atoms with Crippen molar-refractivity contribution >= 4 is 30.0 Å². The van der Waals surface area contributed by atoms with Gasteiger partial charge in [0.25, 0.3) is 0 Å². The van der Waals surface area contributed by atoms with E-state index in [1.807, 2.05) is 0 Å². The zero-order chi connectivity index (χ0) is 29.9. The van der Waals surface area contributed by atoms with E-state index in [9.17, 15) is 19.2 Å². The minimum atomic E-state index is -1.18. The minimum Gasteiger partial charge on any atom is -0.478 e. The summed E-state index contributed by atoms with van der Waals surface area (Å²) in [4.78, 5) is 49.0. The highest BCUT2D eigenvalue weighted by Crippen LogP contribution is 2.17. The Morgan fingerprint density at radius 2 is 1.17 bits per heavy atom. The second-order valence-corrected chi connectivity index (χ2v) is 9.84. The molecule has 0 aliphatic carbocycles. The topological polar surface area (TPSA) is 116 Å². The van der Waals surface area contributed by atoms with Crippen molar-refractivity contribution in [2.45, 2.75) is 78.1 Å². The molecule has 8 heteroatoms. The predicted molar refractivity (Wildman–Crippen MR) is 157 cm³/mol. The molecule has 1 N–H and O–H groups in total. The first kappa shape index (κ1) is 33.3. The lowest BCUT2D eigenvalue weighted by molar-refractivity contribution is -0.159. The van der Waals surface area contributed by atoms with Crippen LogP contribution in [0.25, 0.3) is 6.08 Å². The number of carboxylic acids is 1. The van der Waals surface area contributed by atoms with E-state index in [1.54, 1.807) is 30.3 Å². The number of unbranched alkanes of at least 4 members (excludes halogenated alkanes) is 8. The van der Waals surface area contributed by atoms with Crippen LogP contribution in [0.15, 0.2) is 54.6 Å². The summed E-state index contributed by atoms with van der Waals surface area (Å²) in [6, 6.07) is 12.0. The van der Waals surface area contributed by atoms with Crippen LogP contribution in [0.4, 0.5) is 0 Å². The van der Waals surface area contributed by atoms with Gasteiger partial charge in [0.1, 0.15) is 5.75 Å². The molecule has 0 radical (unpaired) electrons. The first-order chi connectivity index (χ1) is 19.8. The Labute approximate surface area is 242 Å². The maximum Gasteiger partial charge on any atom is 0.343 e. The largest absolute Gasteiger partial charge is 0.478 e. The van der Waals surface area contributed by atoms with Crippen molar-refractivity contribution in [3.05, 3.63) is 71.3 Å². The normalized spacial score (nSPS) is 11.0. The van der Waals surface area contributed by atoms with Gasteiger partial charge in [-0.1, -0.05) is 89.5 Å². The summed E-state index contributed by atoms with van der Waals surface area (Å²) in [5.41, 5.74) is 1.04. The Bertz CT molecular complexity index is 1090. The van der Waals surface area contributed by atoms with Gasteiger partial charge in [-0.25, -0.2) is 9.59 Å². The molecule has 0 bridgehead atoms. The highest BCUT2D eigenvalue weighted by atomic mass is 16.6. The molecular weight excluding hydrogens is 524 g/mol. The molecule has 0 unspecified atom stereocenters. The van der Waals surface area contributed by atoms with Crippen LogP contribution in [-0.4, -0.2) is 42.2 Å². The Balaban J connectivity index is 1.99. The standard InChI is InChI=1S/C33H42O8/c1-3-5-7-9-11-23-39-32(37)29(33(38)40-24-12-10-8-6-4-2)22-15-25-13-16-27(17-14-25)31(36)41-28-20-18-26(19-21-28)30(34)35/h13-22,29H,3-12,23-24H2,1-2H3,(H,34,35). The molecule has 2 aromatic rings. The number of benzene rings is 2. The van der Waals surface area contributed by atoms with Crippen LogP contribution < -0.4 is 4.74 Å². The molecule has 41 heavy (non-hydrogen) atoms. The monoisotopic (exact) mass is 566 g/mol. The zero-order valence-corrected chi connectivity index (χ0v) is 24.1. The zero-order valence-electron chi connectivity index (χ0n) is 24.1. The Hall–Kier alpha value is -3.94. The average molecular weight is 567 g/mol. The van der Waals surface area contributed by atoms with Gasteiger partial charge in [0.15, 0.2) is 5.92 Å². The number of esters is 3. The molecule has 0 saturated heterocycles. The molecule has 0 spiro atoms. The molecule has 2 rings (SSSR count). The lowest BCUT2D eigenvalue weighted by atomic mass is 10.1. The number of hydrogen-bond acceptors (Lipinski definition) is 7. The average Bonchev–Trinajstić information content (AvgIpc) is 2.97. The summed E-state index contributed by atoms with van der Waals surface area (Å²) in [6.07, 6.45) is 13.2. The number of rotatable bonds is 19. The van der Waals surface area contributed by atoms with Gasteiger partial charge in [0.05, 0.1) is 24.3 Å². The molecule has 0 aromatic heterocycles. The van der Waals surface area contributed by atoms with Gasteiger partial charge < -0.3 is 19.3 Å². The fraction of sp³-hybridized carbons (Fsp3) is 0.455. The van der Waals surface area contributed by atoms with E-state index in [1.165, 1.54) is 30.3 Å². The number of aromatic carboxylic acids is 1. The smallest absolute Gasteiger partial charge is 0.343 e. The summed E-state index contributed by atoms with van der Waals surface area (Å²) in [7, 11) is 0. The fourth-order valence-corrected chi connectivity index (χ4v) is 3.96. The summed E-state index contributed by atoms with van der Waals surface area (Å²) in [5.74, 6) is -3.91. The lowest BCUT2D eigenvalue weighted by Gasteiger charge is -2.13. The number of carbonyl (C=O) groups excluding carboxylic acids is 3. The highest BCUT2D eigenvalue weighted by Gasteiger charge is 2.27. The third kappa shape index (κ3) is 12.8. The Morgan fingerprint density at radius 3 is 1.66 bits per heavy atom. The second kappa shape index (κ2) is 19.2. The van der Waals surface area contributed by atoms with Crippen molar-refractivity contribution in [3.63, 3.8) is 0 Å². The van der Waals surface area contributed by atoms with Crippen LogP contribution in [0.1, 0.15) is 104 Å². The van der Waals surface area contributed by atoms with Gasteiger partial charge in [0.2, 0.25) is 0 Å². The number of ether oxygens (including phenoxy) is 3. The van der Waals surface area contributed by atoms with Gasteiger partial charge in [0, 0.05) is 0 Å². The van der Waals surface area contributed by atoms with Crippen molar-refractivity contribution in [1.82, 2.24) is 0 Å². The molecule has 0 heterocycles. The van der Waals surface area contributed by atoms with Crippen LogP contribution in [0, 0.1) is 5.92 Å². The number of carboxylic acid groups (broad SMARTS) is 1. The minimum absolute atomic E-state index is 0.0888. The SMILES string of the molecule is CCCCCCCOC(=O)C(C=Cc1ccc(C(=O)Oc2ccc(C(=O)O)cc2)cc1)C(=O)OCCCCCCC. The Kier molecular flexibility index (Phi) is 15.6. The predicted octanol–water partition coefficient (Wildman–Crippen LogP) is 7.26. The van der Waals surface area contributed by atoms with Gasteiger partial charge in [-0.15, -0.1) is 0 Å². The summed E-state index contributed by atoms with van der Waals surface area (Å²) in [6.45, 7) is 4.78. The molecule has 0 saturated carbocycles. The van der Waals surface area contributed by atoms with Crippen LogP contribution in [0.3, 0.4) is 0 Å². The van der Waals surface area contributed by atoms with Crippen molar-refractivity contribution in [2.24, 2.45) is 5.92 Å². The Morgan fingerprint density at radius 1 is 0.683 bits per heavy atom. The van der Waals surface area contributed by atoms with Gasteiger partial charge in [-0.05, 0) is 54.8 Å². The molecule has 222 valence electrons. The van der Waals surface area contributed by atoms with E-state index >= 15 is 0 Å². The number of carbonyl (C=O) groups is 4. The van der Waals surface area contributed by atoms with Gasteiger partial charge in [-0.2, -0.15) is 0 Å². The van der Waals surface area contributed by atoms with Gasteiger partial charge >= 0.3 is 23.9 Å². The van der Waals surface area contributed by atoms with Gasteiger partial charge in [-0.3, -0.25) is 9.59 Å². The first-order valence-electron chi connectivity index (χ1n) is 14.5. The summed E-state index contributed by atoms with van der Waals surface area (Å²) < 4.78 is 16.1.